The van der Waals surface area contributed by atoms with Crippen LogP contribution in [-0.2, 0) is 0 Å². The molecule has 0 aliphatic carbocycles. The van der Waals surface area contributed by atoms with Crippen LogP contribution in [0.3, 0.4) is 0 Å². The zero-order valence-corrected chi connectivity index (χ0v) is 15.3. The van der Waals surface area contributed by atoms with Crippen LogP contribution >= 0.6 is 0 Å². The minimum Gasteiger partial charge on any atom is -0.393 e. The van der Waals surface area contributed by atoms with Crippen molar-refractivity contribution in [3.8, 4) is 0 Å². The summed E-state index contributed by atoms with van der Waals surface area (Å²) in [6.07, 6.45) is 4.30. The summed E-state index contributed by atoms with van der Waals surface area (Å²) >= 11 is 0. The van der Waals surface area contributed by atoms with Crippen molar-refractivity contribution in [1.29, 1.82) is 0 Å². The minimum atomic E-state index is -0.205. The second-order valence-electron chi connectivity index (χ2n) is 7.55. The summed E-state index contributed by atoms with van der Waals surface area (Å²) in [5.74, 6) is 1.69. The molecule has 2 rings (SSSR count). The van der Waals surface area contributed by atoms with Crippen LogP contribution in [0.15, 0.2) is 18.3 Å². The van der Waals surface area contributed by atoms with Crippen molar-refractivity contribution in [2.45, 2.75) is 59.1 Å². The molecule has 0 bridgehead atoms. The Morgan fingerprint density at radius 2 is 2.00 bits per heavy atom. The summed E-state index contributed by atoms with van der Waals surface area (Å²) < 4.78 is 0. The molecule has 1 aromatic heterocycles. The molecule has 2 N–H and O–H groups in total. The van der Waals surface area contributed by atoms with Gasteiger partial charge in [0.2, 0.25) is 0 Å². The van der Waals surface area contributed by atoms with E-state index in [2.05, 4.69) is 29.0 Å². The Bertz CT molecular complexity index is 537. The van der Waals surface area contributed by atoms with E-state index in [0.717, 1.165) is 38.2 Å². The smallest absolute Gasteiger partial charge is 0.251 e. The maximum Gasteiger partial charge on any atom is 0.251 e. The highest BCUT2D eigenvalue weighted by Gasteiger charge is 2.26. The molecule has 1 fully saturated rings. The molecule has 1 amide bonds. The summed E-state index contributed by atoms with van der Waals surface area (Å²) in [6.45, 7) is 9.95. The highest BCUT2D eigenvalue weighted by atomic mass is 16.3. The van der Waals surface area contributed by atoms with Gasteiger partial charge in [-0.1, -0.05) is 13.8 Å². The summed E-state index contributed by atoms with van der Waals surface area (Å²) in [5, 5.41) is 13.2. The van der Waals surface area contributed by atoms with Gasteiger partial charge in [0.15, 0.2) is 0 Å². The van der Waals surface area contributed by atoms with Crippen molar-refractivity contribution >= 4 is 11.7 Å². The molecule has 5 heteroatoms. The third-order valence-electron chi connectivity index (χ3n) is 4.55. The lowest BCUT2D eigenvalue weighted by Gasteiger charge is -2.35. The Labute approximate surface area is 145 Å². The van der Waals surface area contributed by atoms with E-state index in [-0.39, 0.29) is 18.1 Å². The minimum absolute atomic E-state index is 0.0594. The van der Waals surface area contributed by atoms with E-state index in [1.54, 1.807) is 12.3 Å². The quantitative estimate of drug-likeness (QED) is 0.840. The van der Waals surface area contributed by atoms with Crippen molar-refractivity contribution in [2.75, 3.05) is 18.0 Å². The highest BCUT2D eigenvalue weighted by Crippen LogP contribution is 2.27. The number of piperidine rings is 1. The molecule has 0 spiro atoms. The zero-order valence-electron chi connectivity index (χ0n) is 15.3. The average molecular weight is 333 g/mol. The molecule has 5 nitrogen and oxygen atoms in total. The van der Waals surface area contributed by atoms with Gasteiger partial charge >= 0.3 is 0 Å². The molecule has 1 atom stereocenters. The first-order valence-electron chi connectivity index (χ1n) is 9.06. The van der Waals surface area contributed by atoms with Crippen LogP contribution in [0.1, 0.15) is 57.3 Å². The number of carbonyl (C=O) groups is 1. The maximum absolute atomic E-state index is 12.1. The topological polar surface area (TPSA) is 65.5 Å². The van der Waals surface area contributed by atoms with Crippen molar-refractivity contribution in [3.05, 3.63) is 23.9 Å². The maximum atomic E-state index is 12.1. The van der Waals surface area contributed by atoms with Crippen LogP contribution in [-0.4, -0.2) is 41.2 Å². The van der Waals surface area contributed by atoms with E-state index in [1.165, 1.54) is 0 Å². The molecule has 0 saturated carbocycles. The van der Waals surface area contributed by atoms with Crippen LogP contribution in [0.2, 0.25) is 0 Å². The number of nitrogens with one attached hydrogen (secondary N) is 1. The van der Waals surface area contributed by atoms with Gasteiger partial charge < -0.3 is 15.3 Å². The number of aromatic nitrogens is 1. The summed E-state index contributed by atoms with van der Waals surface area (Å²) in [7, 11) is 0. The van der Waals surface area contributed by atoms with Gasteiger partial charge in [0.1, 0.15) is 5.82 Å². The van der Waals surface area contributed by atoms with Gasteiger partial charge in [0.25, 0.3) is 5.91 Å². The molecule has 0 radical (unpaired) electrons. The molecule has 1 aromatic rings. The molecule has 24 heavy (non-hydrogen) atoms. The van der Waals surface area contributed by atoms with Gasteiger partial charge in [-0.05, 0) is 57.1 Å². The predicted octanol–water partition coefficient (Wildman–Crippen LogP) is 2.84. The monoisotopic (exact) mass is 333 g/mol. The number of aliphatic hydroxyl groups is 1. The second-order valence-corrected chi connectivity index (χ2v) is 7.55. The number of hydrogen-bond donors (Lipinski definition) is 2. The SMILES string of the molecule is CC(C)CC(O)C1CCN(c2cc(C(=O)NC(C)C)ccn2)CC1. The lowest BCUT2D eigenvalue weighted by Crippen LogP contribution is -2.38. The average Bonchev–Trinajstić information content (AvgIpc) is 2.54. The normalized spacial score (nSPS) is 17.4. The first-order valence-corrected chi connectivity index (χ1v) is 9.06. The molecule has 2 heterocycles. The lowest BCUT2D eigenvalue weighted by atomic mass is 9.87. The van der Waals surface area contributed by atoms with Crippen LogP contribution in [0.25, 0.3) is 0 Å². The third kappa shape index (κ3) is 5.20. The fourth-order valence-electron chi connectivity index (χ4n) is 3.27. The molecule has 1 aliphatic heterocycles. The molecule has 0 aromatic carbocycles. The van der Waals surface area contributed by atoms with E-state index in [0.29, 0.717) is 17.4 Å². The Morgan fingerprint density at radius 1 is 1.33 bits per heavy atom. The van der Waals surface area contributed by atoms with Crippen molar-refractivity contribution in [1.82, 2.24) is 10.3 Å². The number of pyridine rings is 1. The fourth-order valence-corrected chi connectivity index (χ4v) is 3.27. The first-order chi connectivity index (χ1) is 11.4. The van der Waals surface area contributed by atoms with E-state index in [9.17, 15) is 9.90 Å². The van der Waals surface area contributed by atoms with Crippen LogP contribution in [0, 0.1) is 11.8 Å². The van der Waals surface area contributed by atoms with Crippen LogP contribution in [0.4, 0.5) is 5.82 Å². The van der Waals surface area contributed by atoms with Crippen molar-refractivity contribution in [2.24, 2.45) is 11.8 Å². The van der Waals surface area contributed by atoms with Crippen molar-refractivity contribution in [3.63, 3.8) is 0 Å². The van der Waals surface area contributed by atoms with E-state index < -0.39 is 0 Å². The number of hydrogen-bond acceptors (Lipinski definition) is 4. The Kier molecular flexibility index (Phi) is 6.60. The number of anilines is 1. The third-order valence-corrected chi connectivity index (χ3v) is 4.55. The summed E-state index contributed by atoms with van der Waals surface area (Å²) in [4.78, 5) is 18.8. The van der Waals surface area contributed by atoms with Crippen molar-refractivity contribution < 1.29 is 9.90 Å². The summed E-state index contributed by atoms with van der Waals surface area (Å²) in [6, 6.07) is 3.73. The molecule has 1 unspecified atom stereocenters. The number of aliphatic hydroxyl groups excluding tert-OH is 1. The zero-order chi connectivity index (χ0) is 17.7. The van der Waals surface area contributed by atoms with Gasteiger partial charge in [-0.2, -0.15) is 0 Å². The standard InChI is InChI=1S/C19H31N3O2/c1-13(2)11-17(23)15-6-9-22(10-7-15)18-12-16(5-8-20-18)19(24)21-14(3)4/h5,8,12-15,17,23H,6-7,9-11H2,1-4H3,(H,21,24). The fraction of sp³-hybridized carbons (Fsp3) is 0.684. The Balaban J connectivity index is 1.95. The Hall–Kier alpha value is -1.62. The Morgan fingerprint density at radius 3 is 2.58 bits per heavy atom. The molecular formula is C19H31N3O2. The van der Waals surface area contributed by atoms with Gasteiger partial charge in [-0.15, -0.1) is 0 Å². The number of rotatable bonds is 6. The van der Waals surface area contributed by atoms with Gasteiger partial charge in [-0.25, -0.2) is 4.98 Å². The molecule has 134 valence electrons. The molecule has 1 saturated heterocycles. The van der Waals surface area contributed by atoms with Crippen LogP contribution < -0.4 is 10.2 Å². The largest absolute Gasteiger partial charge is 0.393 e. The van der Waals surface area contributed by atoms with Crippen LogP contribution in [0.5, 0.6) is 0 Å². The van der Waals surface area contributed by atoms with Gasteiger partial charge in [0.05, 0.1) is 6.10 Å². The number of amides is 1. The van der Waals surface area contributed by atoms with Gasteiger partial charge in [0, 0.05) is 30.9 Å². The molecule has 1 aliphatic rings. The van der Waals surface area contributed by atoms with Gasteiger partial charge in [-0.3, -0.25) is 4.79 Å². The summed E-state index contributed by atoms with van der Waals surface area (Å²) in [5.41, 5.74) is 0.649. The predicted molar refractivity (Wildman–Crippen MR) is 97.2 cm³/mol. The highest BCUT2D eigenvalue weighted by molar-refractivity contribution is 5.94. The van der Waals surface area contributed by atoms with E-state index >= 15 is 0 Å². The second kappa shape index (κ2) is 8.47. The number of nitrogens with zero attached hydrogens (tertiary/aromatic N) is 2. The first kappa shape index (κ1) is 18.7. The lowest BCUT2D eigenvalue weighted by molar-refractivity contribution is 0.0734. The van der Waals surface area contributed by atoms with E-state index in [1.807, 2.05) is 19.9 Å². The number of carbonyl (C=O) groups excluding carboxylic acids is 1. The molecular weight excluding hydrogens is 302 g/mol. The van der Waals surface area contributed by atoms with E-state index in [4.69, 9.17) is 0 Å².